The van der Waals surface area contributed by atoms with Crippen LogP contribution in [0, 0.1) is 0 Å². The molecule has 0 aromatic rings. The summed E-state index contributed by atoms with van der Waals surface area (Å²) >= 11 is 0. The van der Waals surface area contributed by atoms with Gasteiger partial charge in [0.25, 0.3) is 0 Å². The molecule has 0 aromatic carbocycles. The van der Waals surface area contributed by atoms with Crippen molar-refractivity contribution in [2.75, 3.05) is 26.4 Å². The molecule has 0 fully saturated rings. The molecule has 4 N–H and O–H groups in total. The number of carbonyl (C=O) groups excluding carboxylic acids is 2. The molecule has 52 heavy (non-hydrogen) atoms. The Balaban J connectivity index is 4.33. The van der Waals surface area contributed by atoms with Crippen LogP contribution in [-0.2, 0) is 32.7 Å². The number of phosphoric acid groups is 1. The van der Waals surface area contributed by atoms with Gasteiger partial charge in [0.05, 0.1) is 25.9 Å². The summed E-state index contributed by atoms with van der Waals surface area (Å²) in [6, 6.07) is 0. The van der Waals surface area contributed by atoms with E-state index in [1.165, 1.54) is 51.4 Å². The van der Waals surface area contributed by atoms with Gasteiger partial charge in [0, 0.05) is 12.8 Å². The fourth-order valence-corrected chi connectivity index (χ4v) is 6.49. The zero-order chi connectivity index (χ0) is 38.5. The third kappa shape index (κ3) is 35.7. The number of hydrogen-bond acceptors (Lipinski definition) is 10. The van der Waals surface area contributed by atoms with E-state index in [-0.39, 0.29) is 25.6 Å². The van der Waals surface area contributed by atoms with Gasteiger partial charge in [0.2, 0.25) is 0 Å². The molecule has 0 amide bonds. The first-order chi connectivity index (χ1) is 25.1. The topological polar surface area (TPSA) is 169 Å². The molecule has 0 aliphatic carbocycles. The lowest BCUT2D eigenvalue weighted by Crippen LogP contribution is -2.29. The molecule has 12 heteroatoms. The third-order valence-electron chi connectivity index (χ3n) is 8.99. The average Bonchev–Trinajstić information content (AvgIpc) is 3.13. The Morgan fingerprint density at radius 2 is 1.04 bits per heavy atom. The van der Waals surface area contributed by atoms with Crippen LogP contribution in [0.5, 0.6) is 0 Å². The maximum atomic E-state index is 12.6. The van der Waals surface area contributed by atoms with Gasteiger partial charge in [0.1, 0.15) is 12.7 Å². The van der Waals surface area contributed by atoms with Crippen molar-refractivity contribution in [3.8, 4) is 0 Å². The number of phosphoric ester groups is 1. The first-order valence-electron chi connectivity index (χ1n) is 20.7. The number of hydrogen-bond donors (Lipinski definition) is 4. The summed E-state index contributed by atoms with van der Waals surface area (Å²) in [6.07, 6.45) is 29.3. The Hall–Kier alpha value is -1.33. The van der Waals surface area contributed by atoms with Crippen LogP contribution in [0.4, 0.5) is 0 Å². The number of unbranched alkanes of at least 4 members (excludes halogenated alkanes) is 19. The summed E-state index contributed by atoms with van der Waals surface area (Å²) in [5.74, 6) is -0.959. The second kappa shape index (κ2) is 36.6. The van der Waals surface area contributed by atoms with E-state index < -0.39 is 51.8 Å². The zero-order valence-corrected chi connectivity index (χ0v) is 33.8. The summed E-state index contributed by atoms with van der Waals surface area (Å²) in [5.41, 5.74) is 0. The minimum absolute atomic E-state index is 0.167. The molecule has 0 radical (unpaired) electrons. The van der Waals surface area contributed by atoms with Gasteiger partial charge < -0.3 is 29.7 Å². The number of allylic oxidation sites excluding steroid dienone is 2. The zero-order valence-electron chi connectivity index (χ0n) is 32.9. The minimum Gasteiger partial charge on any atom is -0.462 e. The Morgan fingerprint density at radius 3 is 1.60 bits per heavy atom. The summed E-state index contributed by atoms with van der Waals surface area (Å²) in [5, 5.41) is 28.2. The minimum atomic E-state index is -4.62. The highest BCUT2D eigenvalue weighted by Crippen LogP contribution is 2.43. The second-order valence-corrected chi connectivity index (χ2v) is 15.6. The van der Waals surface area contributed by atoms with Crippen LogP contribution >= 0.6 is 7.82 Å². The SMILES string of the molecule is CCCCCC/C=C/CCCCCCCCCC(=O)O[C@H](COC(=O)CCCCCCCCCC[C@H](O)CCCC)COP(=O)(O)OC[C@@H](O)CO. The standard InChI is InChI=1S/C40H77O11P/c1-3-5-7-8-9-10-11-12-13-14-15-16-21-24-27-31-40(45)51-38(35-50-52(46,47)49-33-37(43)32-41)34-48-39(44)30-26-23-20-18-17-19-22-25-29-36(42)28-6-4-2/h10-11,36-38,41-43H,3-9,12-35H2,1-2H3,(H,46,47)/b11-10+/t36-,37+,38-/m1/s1. The Morgan fingerprint density at radius 1 is 0.577 bits per heavy atom. The number of carbonyl (C=O) groups is 2. The summed E-state index contributed by atoms with van der Waals surface area (Å²) < 4.78 is 32.6. The number of aliphatic hydroxyl groups is 3. The normalized spacial score (nSPS) is 14.7. The molecular formula is C40H77O11P. The van der Waals surface area contributed by atoms with Gasteiger partial charge in [-0.05, 0) is 51.4 Å². The first-order valence-corrected chi connectivity index (χ1v) is 22.2. The van der Waals surface area contributed by atoms with E-state index in [1.807, 2.05) is 0 Å². The molecule has 1 unspecified atom stereocenters. The van der Waals surface area contributed by atoms with Crippen molar-refractivity contribution in [2.24, 2.45) is 0 Å². The maximum absolute atomic E-state index is 12.6. The van der Waals surface area contributed by atoms with Crippen molar-refractivity contribution < 1.29 is 52.9 Å². The number of aliphatic hydroxyl groups excluding tert-OH is 3. The van der Waals surface area contributed by atoms with E-state index in [1.54, 1.807) is 0 Å². The molecule has 11 nitrogen and oxygen atoms in total. The van der Waals surface area contributed by atoms with Crippen molar-refractivity contribution in [2.45, 2.75) is 206 Å². The average molecular weight is 765 g/mol. The van der Waals surface area contributed by atoms with Crippen molar-refractivity contribution in [1.82, 2.24) is 0 Å². The van der Waals surface area contributed by atoms with E-state index in [0.717, 1.165) is 96.3 Å². The van der Waals surface area contributed by atoms with Crippen LogP contribution in [0.3, 0.4) is 0 Å². The lowest BCUT2D eigenvalue weighted by atomic mass is 10.0. The van der Waals surface area contributed by atoms with Gasteiger partial charge in [-0.25, -0.2) is 4.57 Å². The Bertz CT molecular complexity index is 901. The van der Waals surface area contributed by atoms with Crippen molar-refractivity contribution in [1.29, 1.82) is 0 Å². The predicted octanol–water partition coefficient (Wildman–Crippen LogP) is 9.42. The van der Waals surface area contributed by atoms with E-state index in [4.69, 9.17) is 19.1 Å². The van der Waals surface area contributed by atoms with Crippen LogP contribution in [-0.4, -0.2) is 76.9 Å². The molecule has 0 heterocycles. The lowest BCUT2D eigenvalue weighted by Gasteiger charge is -2.20. The van der Waals surface area contributed by atoms with E-state index in [2.05, 4.69) is 30.5 Å². The van der Waals surface area contributed by atoms with Crippen molar-refractivity contribution >= 4 is 19.8 Å². The molecule has 0 bridgehead atoms. The van der Waals surface area contributed by atoms with E-state index in [9.17, 15) is 29.3 Å². The van der Waals surface area contributed by atoms with Gasteiger partial charge in [-0.1, -0.05) is 135 Å². The Kier molecular flexibility index (Phi) is 35.7. The highest BCUT2D eigenvalue weighted by atomic mass is 31.2. The number of rotatable bonds is 39. The number of esters is 2. The van der Waals surface area contributed by atoms with Crippen LogP contribution < -0.4 is 0 Å². The molecule has 308 valence electrons. The fourth-order valence-electron chi connectivity index (χ4n) is 5.70. The maximum Gasteiger partial charge on any atom is 0.472 e. The summed E-state index contributed by atoms with van der Waals surface area (Å²) in [7, 11) is -4.62. The van der Waals surface area contributed by atoms with E-state index >= 15 is 0 Å². The molecule has 0 saturated heterocycles. The van der Waals surface area contributed by atoms with Gasteiger partial charge >= 0.3 is 19.8 Å². The molecular weight excluding hydrogens is 687 g/mol. The third-order valence-corrected chi connectivity index (χ3v) is 9.95. The van der Waals surface area contributed by atoms with Crippen molar-refractivity contribution in [3.05, 3.63) is 12.2 Å². The largest absolute Gasteiger partial charge is 0.472 e. The van der Waals surface area contributed by atoms with Gasteiger partial charge in [-0.2, -0.15) is 0 Å². The molecule has 0 aromatic heterocycles. The van der Waals surface area contributed by atoms with E-state index in [0.29, 0.717) is 12.8 Å². The second-order valence-electron chi connectivity index (χ2n) is 14.2. The van der Waals surface area contributed by atoms with Gasteiger partial charge in [-0.15, -0.1) is 0 Å². The summed E-state index contributed by atoms with van der Waals surface area (Å²) in [6.45, 7) is 2.21. The molecule has 0 aliphatic heterocycles. The Labute approximate surface area is 316 Å². The van der Waals surface area contributed by atoms with Crippen molar-refractivity contribution in [3.63, 3.8) is 0 Å². The number of ether oxygens (including phenoxy) is 2. The molecule has 0 aliphatic rings. The molecule has 0 saturated carbocycles. The van der Waals surface area contributed by atoms with Crippen LogP contribution in [0.15, 0.2) is 12.2 Å². The molecule has 0 rings (SSSR count). The fraction of sp³-hybridized carbons (Fsp3) is 0.900. The molecule has 0 spiro atoms. The quantitative estimate of drug-likeness (QED) is 0.0204. The van der Waals surface area contributed by atoms with Crippen LogP contribution in [0.1, 0.15) is 187 Å². The monoisotopic (exact) mass is 765 g/mol. The highest BCUT2D eigenvalue weighted by molar-refractivity contribution is 7.47. The van der Waals surface area contributed by atoms with Crippen LogP contribution in [0.25, 0.3) is 0 Å². The first kappa shape index (κ1) is 50.7. The van der Waals surface area contributed by atoms with Gasteiger partial charge in [0.15, 0.2) is 6.10 Å². The van der Waals surface area contributed by atoms with Crippen LogP contribution in [0.2, 0.25) is 0 Å². The smallest absolute Gasteiger partial charge is 0.462 e. The van der Waals surface area contributed by atoms with Gasteiger partial charge in [-0.3, -0.25) is 18.6 Å². The lowest BCUT2D eigenvalue weighted by molar-refractivity contribution is -0.161. The molecule has 4 atom stereocenters. The summed E-state index contributed by atoms with van der Waals surface area (Å²) in [4.78, 5) is 34.9. The predicted molar refractivity (Wildman–Crippen MR) is 207 cm³/mol. The highest BCUT2D eigenvalue weighted by Gasteiger charge is 2.27.